The van der Waals surface area contributed by atoms with Crippen LogP contribution in [0.2, 0.25) is 0 Å². The largest absolute Gasteiger partial charge is 0.508 e. The lowest BCUT2D eigenvalue weighted by Crippen LogP contribution is -2.69. The molecule has 3 aliphatic carbocycles. The van der Waals surface area contributed by atoms with Gasteiger partial charge in [-0.3, -0.25) is 4.79 Å². The summed E-state index contributed by atoms with van der Waals surface area (Å²) in [5.74, 6) is -0.623. The Morgan fingerprint density at radius 2 is 1.91 bits per heavy atom. The van der Waals surface area contributed by atoms with Crippen molar-refractivity contribution in [1.29, 1.82) is 0 Å². The van der Waals surface area contributed by atoms with Gasteiger partial charge in [0.25, 0.3) is 0 Å². The summed E-state index contributed by atoms with van der Waals surface area (Å²) in [5, 5.41) is 35.0. The predicted molar refractivity (Wildman–Crippen MR) is 177 cm³/mol. The first kappa shape index (κ1) is 34.0. The van der Waals surface area contributed by atoms with Crippen LogP contribution in [-0.4, -0.2) is 83.4 Å². The van der Waals surface area contributed by atoms with Crippen molar-refractivity contribution in [2.45, 2.75) is 101 Å². The van der Waals surface area contributed by atoms with Crippen LogP contribution in [0.15, 0.2) is 47.7 Å². The summed E-state index contributed by atoms with van der Waals surface area (Å²) >= 11 is 0. The van der Waals surface area contributed by atoms with Crippen LogP contribution in [0.5, 0.6) is 11.5 Å². The number of likely N-dealkylation sites (N-methyl/N-ethyl adjacent to an activating group) is 1. The number of oxime groups is 1. The third-order valence-electron chi connectivity index (χ3n) is 10.8. The zero-order valence-corrected chi connectivity index (χ0v) is 27.7. The van der Waals surface area contributed by atoms with Crippen molar-refractivity contribution in [1.82, 2.24) is 4.90 Å². The molecule has 1 saturated heterocycles. The average Bonchev–Trinajstić information content (AvgIpc) is 3.94. The number of hydrogen-bond acceptors (Lipinski definition) is 9. The van der Waals surface area contributed by atoms with Crippen LogP contribution < -0.4 is 4.74 Å². The van der Waals surface area contributed by atoms with Gasteiger partial charge in [-0.2, -0.15) is 0 Å². The number of ether oxygens (including phenoxy) is 3. The van der Waals surface area contributed by atoms with Gasteiger partial charge in [-0.15, -0.1) is 6.58 Å². The number of nitrogens with zero attached hydrogens (tertiary/aromatic N) is 2. The minimum atomic E-state index is -1.25. The van der Waals surface area contributed by atoms with Gasteiger partial charge in [0.05, 0.1) is 24.8 Å². The van der Waals surface area contributed by atoms with Gasteiger partial charge in [0, 0.05) is 50.5 Å². The SMILES string of the molecule is C=CCO[C@@]12Oc3ccc(O)cc3[C@H]3[C@H](CCCCO)[C@@H](CCCCO)C=C(C(=NOC4CCCCO4)C[C@@H]1N(C)C(=O)C1CC1)[C@H]32. The van der Waals surface area contributed by atoms with Crippen LogP contribution in [0.4, 0.5) is 0 Å². The van der Waals surface area contributed by atoms with Gasteiger partial charge in [0.15, 0.2) is 0 Å². The highest BCUT2D eigenvalue weighted by atomic mass is 16.8. The van der Waals surface area contributed by atoms with Gasteiger partial charge in [-0.1, -0.05) is 30.1 Å². The molecule has 5 aliphatic rings. The molecule has 0 bridgehead atoms. The molecule has 2 saturated carbocycles. The number of rotatable bonds is 15. The van der Waals surface area contributed by atoms with Gasteiger partial charge in [0.2, 0.25) is 18.0 Å². The summed E-state index contributed by atoms with van der Waals surface area (Å²) in [6.45, 7) is 5.08. The Balaban J connectivity index is 1.53. The van der Waals surface area contributed by atoms with Gasteiger partial charge < -0.3 is 39.3 Å². The molecular formula is C37H52N2O8. The molecule has 1 aromatic rings. The maximum Gasteiger partial charge on any atom is 0.239 e. The molecule has 3 fully saturated rings. The maximum atomic E-state index is 13.8. The Kier molecular flexibility index (Phi) is 10.9. The molecule has 0 radical (unpaired) electrons. The molecule has 47 heavy (non-hydrogen) atoms. The van der Waals surface area contributed by atoms with Gasteiger partial charge in [-0.25, -0.2) is 0 Å². The number of fused-ring (bicyclic) bond motifs is 2. The zero-order chi connectivity index (χ0) is 33.0. The van der Waals surface area contributed by atoms with E-state index in [0.717, 1.165) is 74.6 Å². The van der Waals surface area contributed by atoms with E-state index in [1.54, 1.807) is 12.1 Å². The van der Waals surface area contributed by atoms with Gasteiger partial charge >= 0.3 is 0 Å². The van der Waals surface area contributed by atoms with E-state index in [0.29, 0.717) is 31.6 Å². The summed E-state index contributed by atoms with van der Waals surface area (Å²) in [4.78, 5) is 21.7. The summed E-state index contributed by atoms with van der Waals surface area (Å²) in [6, 6.07) is 4.76. The number of carbonyl (C=O) groups excluding carboxylic acids is 1. The summed E-state index contributed by atoms with van der Waals surface area (Å²) < 4.78 is 19.8. The van der Waals surface area contributed by atoms with Crippen molar-refractivity contribution in [3.8, 4) is 11.5 Å². The third kappa shape index (κ3) is 6.98. The summed E-state index contributed by atoms with van der Waals surface area (Å²) in [6.07, 6.45) is 13.4. The first-order valence-electron chi connectivity index (χ1n) is 17.7. The molecule has 0 aromatic heterocycles. The lowest BCUT2D eigenvalue weighted by atomic mass is 9.55. The normalized spacial score (nSPS) is 32.1. The molecule has 0 spiro atoms. The Bertz CT molecular complexity index is 1320. The predicted octanol–water partition coefficient (Wildman–Crippen LogP) is 5.42. The number of aliphatic hydroxyl groups is 2. The number of allylic oxidation sites excluding steroid dienone is 1. The number of phenolic OH excluding ortho intramolecular Hbond substituents is 1. The smallest absolute Gasteiger partial charge is 0.239 e. The van der Waals surface area contributed by atoms with Crippen molar-refractivity contribution in [2.24, 2.45) is 28.8 Å². The first-order chi connectivity index (χ1) is 22.9. The topological polar surface area (TPSA) is 130 Å². The quantitative estimate of drug-likeness (QED) is 0.130. The Morgan fingerprint density at radius 1 is 1.13 bits per heavy atom. The van der Waals surface area contributed by atoms with Crippen molar-refractivity contribution >= 4 is 11.6 Å². The van der Waals surface area contributed by atoms with E-state index in [-0.39, 0.29) is 61.1 Å². The van der Waals surface area contributed by atoms with E-state index in [1.807, 2.05) is 24.1 Å². The second-order valence-electron chi connectivity index (χ2n) is 13.9. The Hall–Kier alpha value is -2.92. The monoisotopic (exact) mass is 652 g/mol. The molecule has 1 aromatic carbocycles. The van der Waals surface area contributed by atoms with Crippen LogP contribution in [0.1, 0.15) is 88.5 Å². The van der Waals surface area contributed by atoms with E-state index in [1.165, 1.54) is 0 Å². The zero-order valence-electron chi connectivity index (χ0n) is 27.7. The fourth-order valence-electron chi connectivity index (χ4n) is 8.43. The lowest BCUT2D eigenvalue weighted by Gasteiger charge is -2.59. The molecule has 1 unspecified atom stereocenters. The van der Waals surface area contributed by atoms with Crippen molar-refractivity contribution in [3.63, 3.8) is 0 Å². The number of unbranched alkanes of at least 4 members (excludes halogenated alkanes) is 2. The average molecular weight is 653 g/mol. The molecule has 10 nitrogen and oxygen atoms in total. The number of carbonyl (C=O) groups is 1. The number of aliphatic hydroxyl groups excluding tert-OH is 2. The standard InChI is InChI=1S/C37H52N2O8/c1-3-19-45-37-32(39(2)36(43)24-13-14-24)23-30(38-47-33-12-6-9-20-44-33)28-21-25(10-4-7-17-40)27(11-5-8-18-41)34(35(28)37)29-22-26(42)15-16-31(29)46-37/h3,15-16,21-22,24-25,27,32-35,40-42H,1,4-14,17-20,23H2,2H3/t25-,27+,32-,33?,34+,35+,37+/m0/s1. The highest BCUT2D eigenvalue weighted by Gasteiger charge is 2.65. The molecule has 7 atom stereocenters. The van der Waals surface area contributed by atoms with E-state index in [9.17, 15) is 20.1 Å². The summed E-state index contributed by atoms with van der Waals surface area (Å²) in [5.41, 5.74) is 2.66. The molecule has 6 rings (SSSR count). The van der Waals surface area contributed by atoms with Gasteiger partial charge in [0.1, 0.15) is 17.5 Å². The highest BCUT2D eigenvalue weighted by Crippen LogP contribution is 2.62. The van der Waals surface area contributed by atoms with Crippen LogP contribution >= 0.6 is 0 Å². The number of amides is 1. The van der Waals surface area contributed by atoms with Crippen LogP contribution in [-0.2, 0) is 19.1 Å². The van der Waals surface area contributed by atoms with Crippen LogP contribution in [0.3, 0.4) is 0 Å². The molecule has 10 heteroatoms. The summed E-state index contributed by atoms with van der Waals surface area (Å²) in [7, 11) is 1.85. The maximum absolute atomic E-state index is 13.8. The second-order valence-corrected chi connectivity index (χ2v) is 13.9. The van der Waals surface area contributed by atoms with E-state index >= 15 is 0 Å². The van der Waals surface area contributed by atoms with Crippen molar-refractivity contribution in [3.05, 3.63) is 48.1 Å². The lowest BCUT2D eigenvalue weighted by molar-refractivity contribution is -0.256. The fourth-order valence-corrected chi connectivity index (χ4v) is 8.43. The van der Waals surface area contributed by atoms with Crippen molar-refractivity contribution < 1.29 is 39.2 Å². The highest BCUT2D eigenvalue weighted by molar-refractivity contribution is 6.03. The van der Waals surface area contributed by atoms with Crippen LogP contribution in [0, 0.1) is 23.7 Å². The Labute approximate surface area is 278 Å². The minimum absolute atomic E-state index is 0.00205. The van der Waals surface area contributed by atoms with Crippen molar-refractivity contribution in [2.75, 3.05) is 33.5 Å². The molecule has 1 amide bonds. The van der Waals surface area contributed by atoms with Gasteiger partial charge in [-0.05, 0) is 87.0 Å². The second kappa shape index (κ2) is 15.1. The fraction of sp³-hybridized carbons (Fsp3) is 0.676. The molecule has 3 N–H and O–H groups in total. The number of benzene rings is 1. The minimum Gasteiger partial charge on any atom is -0.508 e. The Morgan fingerprint density at radius 3 is 2.62 bits per heavy atom. The number of hydrogen-bond donors (Lipinski definition) is 3. The number of aromatic hydroxyl groups is 1. The van der Waals surface area contributed by atoms with Crippen LogP contribution in [0.25, 0.3) is 0 Å². The van der Waals surface area contributed by atoms with E-state index in [2.05, 4.69) is 12.7 Å². The number of phenols is 1. The molecule has 2 heterocycles. The molecule has 258 valence electrons. The third-order valence-corrected chi connectivity index (χ3v) is 10.8. The first-order valence-corrected chi connectivity index (χ1v) is 17.7. The van der Waals surface area contributed by atoms with E-state index in [4.69, 9.17) is 24.2 Å². The molecule has 2 aliphatic heterocycles. The molecular weight excluding hydrogens is 600 g/mol. The van der Waals surface area contributed by atoms with E-state index < -0.39 is 18.1 Å².